The summed E-state index contributed by atoms with van der Waals surface area (Å²) >= 11 is 5.92. The molecule has 2 fully saturated rings. The molecule has 2 aromatic heterocycles. The molecule has 2 aliphatic rings. The second-order valence-electron chi connectivity index (χ2n) is 8.25. The molecule has 0 N–H and O–H groups in total. The highest BCUT2D eigenvalue weighted by atomic mass is 35.5. The Morgan fingerprint density at radius 3 is 2.48 bits per heavy atom. The van der Waals surface area contributed by atoms with Crippen LogP contribution in [-0.4, -0.2) is 55.8 Å². The van der Waals surface area contributed by atoms with Crippen LogP contribution in [0.25, 0.3) is 5.65 Å². The zero-order chi connectivity index (χ0) is 21.4. The Kier molecular flexibility index (Phi) is 5.36. The highest BCUT2D eigenvalue weighted by molar-refractivity contribution is 6.30. The van der Waals surface area contributed by atoms with Crippen LogP contribution in [0.4, 0.5) is 0 Å². The van der Waals surface area contributed by atoms with Gasteiger partial charge in [-0.1, -0.05) is 17.7 Å². The number of nitrogens with zero attached hydrogens (tertiary/aromatic N) is 5. The fraction of sp³-hybridized carbons (Fsp3) is 0.391. The van der Waals surface area contributed by atoms with Gasteiger partial charge in [-0.05, 0) is 62.1 Å². The van der Waals surface area contributed by atoms with E-state index in [4.69, 9.17) is 11.6 Å². The maximum absolute atomic E-state index is 13.4. The van der Waals surface area contributed by atoms with Crippen molar-refractivity contribution in [1.29, 1.82) is 0 Å². The van der Waals surface area contributed by atoms with Gasteiger partial charge in [-0.25, -0.2) is 0 Å². The van der Waals surface area contributed by atoms with Crippen LogP contribution in [0.2, 0.25) is 5.02 Å². The summed E-state index contributed by atoms with van der Waals surface area (Å²) in [5.74, 6) is 0.941. The molecule has 2 aliphatic heterocycles. The standard InChI is InChI=1S/C23H24ClN5O2/c24-18-8-6-16(7-9-18)22(30)27-14-10-17(11-15-27)23(31)28-13-3-4-19(28)21-26-25-20-5-1-2-12-29(20)21/h1-2,5-9,12,17,19H,3-4,10-11,13-15H2. The van der Waals surface area contributed by atoms with Crippen LogP contribution in [0.3, 0.4) is 0 Å². The number of piperidine rings is 1. The SMILES string of the molecule is O=C(c1ccc(Cl)cc1)N1CCC(C(=O)N2CCCC2c2nnc3ccccn23)CC1. The van der Waals surface area contributed by atoms with Gasteiger partial charge in [0.1, 0.15) is 0 Å². The zero-order valence-electron chi connectivity index (χ0n) is 17.2. The first-order valence-corrected chi connectivity index (χ1v) is 11.1. The van der Waals surface area contributed by atoms with Crippen LogP contribution in [0.5, 0.6) is 0 Å². The van der Waals surface area contributed by atoms with Gasteiger partial charge in [-0.2, -0.15) is 0 Å². The summed E-state index contributed by atoms with van der Waals surface area (Å²) in [7, 11) is 0. The molecule has 1 atom stereocenters. The Labute approximate surface area is 185 Å². The van der Waals surface area contributed by atoms with Gasteiger partial charge in [0, 0.05) is 42.3 Å². The third kappa shape index (κ3) is 3.78. The largest absolute Gasteiger partial charge is 0.339 e. The van der Waals surface area contributed by atoms with Crippen LogP contribution in [-0.2, 0) is 4.79 Å². The van der Waals surface area contributed by atoms with Crippen molar-refractivity contribution >= 4 is 29.1 Å². The summed E-state index contributed by atoms with van der Waals surface area (Å²) in [4.78, 5) is 29.9. The lowest BCUT2D eigenvalue weighted by Gasteiger charge is -2.34. The first-order valence-electron chi connectivity index (χ1n) is 10.8. The summed E-state index contributed by atoms with van der Waals surface area (Å²) in [5.41, 5.74) is 1.43. The topological polar surface area (TPSA) is 70.8 Å². The molecule has 7 nitrogen and oxygen atoms in total. The highest BCUT2D eigenvalue weighted by Crippen LogP contribution is 2.34. The van der Waals surface area contributed by atoms with Gasteiger partial charge in [-0.15, -0.1) is 10.2 Å². The van der Waals surface area contributed by atoms with Crippen molar-refractivity contribution < 1.29 is 9.59 Å². The Bertz CT molecular complexity index is 1100. The van der Waals surface area contributed by atoms with Crippen molar-refractivity contribution in [3.63, 3.8) is 0 Å². The molecule has 160 valence electrons. The summed E-state index contributed by atoms with van der Waals surface area (Å²) in [6, 6.07) is 12.7. The number of hydrogen-bond acceptors (Lipinski definition) is 4. The summed E-state index contributed by atoms with van der Waals surface area (Å²) in [6.45, 7) is 1.92. The highest BCUT2D eigenvalue weighted by Gasteiger charge is 2.38. The van der Waals surface area contributed by atoms with E-state index < -0.39 is 0 Å². The number of carbonyl (C=O) groups excluding carboxylic acids is 2. The molecular weight excluding hydrogens is 414 g/mol. The molecule has 0 radical (unpaired) electrons. The summed E-state index contributed by atoms with van der Waals surface area (Å²) in [5, 5.41) is 9.26. The number of amides is 2. The number of likely N-dealkylation sites (tertiary alicyclic amines) is 2. The molecule has 8 heteroatoms. The molecule has 1 unspecified atom stereocenters. The van der Waals surface area contributed by atoms with Gasteiger partial charge < -0.3 is 9.80 Å². The minimum atomic E-state index is -0.0611. The van der Waals surface area contributed by atoms with Crippen LogP contribution < -0.4 is 0 Å². The molecule has 0 saturated carbocycles. The van der Waals surface area contributed by atoms with Crippen molar-refractivity contribution in [1.82, 2.24) is 24.4 Å². The molecule has 2 amide bonds. The third-order valence-corrected chi connectivity index (χ3v) is 6.65. The Hall–Kier alpha value is -2.93. The lowest BCUT2D eigenvalue weighted by Crippen LogP contribution is -2.44. The predicted octanol–water partition coefficient (Wildman–Crippen LogP) is 3.60. The molecule has 1 aromatic carbocycles. The number of pyridine rings is 1. The van der Waals surface area contributed by atoms with E-state index in [1.165, 1.54) is 0 Å². The molecule has 3 aromatic rings. The number of rotatable bonds is 3. The quantitative estimate of drug-likeness (QED) is 0.627. The van der Waals surface area contributed by atoms with E-state index in [1.54, 1.807) is 24.3 Å². The lowest BCUT2D eigenvalue weighted by atomic mass is 9.94. The maximum Gasteiger partial charge on any atom is 0.253 e. The lowest BCUT2D eigenvalue weighted by molar-refractivity contribution is -0.138. The van der Waals surface area contributed by atoms with E-state index in [0.29, 0.717) is 36.5 Å². The van der Waals surface area contributed by atoms with Crippen molar-refractivity contribution in [3.8, 4) is 0 Å². The maximum atomic E-state index is 13.4. The number of hydrogen-bond donors (Lipinski definition) is 0. The molecule has 0 bridgehead atoms. The van der Waals surface area contributed by atoms with E-state index in [-0.39, 0.29) is 23.8 Å². The van der Waals surface area contributed by atoms with Crippen LogP contribution >= 0.6 is 11.6 Å². The Balaban J connectivity index is 1.25. The summed E-state index contributed by atoms with van der Waals surface area (Å²) < 4.78 is 1.98. The first-order chi connectivity index (χ1) is 15.1. The second kappa shape index (κ2) is 8.30. The van der Waals surface area contributed by atoms with Gasteiger partial charge in [0.05, 0.1) is 6.04 Å². The molecule has 4 heterocycles. The molecule has 5 rings (SSSR count). The van der Waals surface area contributed by atoms with Gasteiger partial charge >= 0.3 is 0 Å². The Morgan fingerprint density at radius 1 is 0.935 bits per heavy atom. The number of carbonyl (C=O) groups is 2. The number of halogens is 1. The van der Waals surface area contributed by atoms with Crippen LogP contribution in [0, 0.1) is 5.92 Å². The van der Waals surface area contributed by atoms with Gasteiger partial charge in [0.2, 0.25) is 5.91 Å². The van der Waals surface area contributed by atoms with Crippen molar-refractivity contribution in [2.45, 2.75) is 31.7 Å². The van der Waals surface area contributed by atoms with Crippen molar-refractivity contribution in [2.24, 2.45) is 5.92 Å². The van der Waals surface area contributed by atoms with E-state index >= 15 is 0 Å². The molecule has 0 aliphatic carbocycles. The van der Waals surface area contributed by atoms with Crippen LogP contribution in [0.15, 0.2) is 48.7 Å². The predicted molar refractivity (Wildman–Crippen MR) is 117 cm³/mol. The smallest absolute Gasteiger partial charge is 0.253 e. The van der Waals surface area contributed by atoms with Crippen LogP contribution in [0.1, 0.15) is 47.9 Å². The third-order valence-electron chi connectivity index (χ3n) is 6.40. The van der Waals surface area contributed by atoms with Gasteiger partial charge in [-0.3, -0.25) is 14.0 Å². The van der Waals surface area contributed by atoms with E-state index in [9.17, 15) is 9.59 Å². The Morgan fingerprint density at radius 2 is 1.71 bits per heavy atom. The minimum Gasteiger partial charge on any atom is -0.339 e. The molecular formula is C23H24ClN5O2. The molecule has 31 heavy (non-hydrogen) atoms. The normalized spacial score (nSPS) is 19.8. The van der Waals surface area contributed by atoms with E-state index in [0.717, 1.165) is 30.9 Å². The molecule has 0 spiro atoms. The fourth-order valence-corrected chi connectivity index (χ4v) is 4.85. The van der Waals surface area contributed by atoms with E-state index in [1.807, 2.05) is 38.6 Å². The monoisotopic (exact) mass is 437 g/mol. The number of aromatic nitrogens is 3. The zero-order valence-corrected chi connectivity index (χ0v) is 17.9. The summed E-state index contributed by atoms with van der Waals surface area (Å²) in [6.07, 6.45) is 5.18. The average Bonchev–Trinajstić information content (AvgIpc) is 3.45. The van der Waals surface area contributed by atoms with Crippen molar-refractivity contribution in [2.75, 3.05) is 19.6 Å². The van der Waals surface area contributed by atoms with Gasteiger partial charge in [0.25, 0.3) is 5.91 Å². The van der Waals surface area contributed by atoms with E-state index in [2.05, 4.69) is 10.2 Å². The minimum absolute atomic E-state index is 0.00320. The average molecular weight is 438 g/mol. The van der Waals surface area contributed by atoms with Crippen molar-refractivity contribution in [3.05, 3.63) is 65.1 Å². The molecule has 2 saturated heterocycles. The number of benzene rings is 1. The fourth-order valence-electron chi connectivity index (χ4n) is 4.73. The number of fused-ring (bicyclic) bond motifs is 1. The van der Waals surface area contributed by atoms with Gasteiger partial charge in [0.15, 0.2) is 11.5 Å². The first kappa shape index (κ1) is 20.0. The second-order valence-corrected chi connectivity index (χ2v) is 8.69.